The van der Waals surface area contributed by atoms with E-state index in [1.807, 2.05) is 19.1 Å². The fourth-order valence-electron chi connectivity index (χ4n) is 3.02. The van der Waals surface area contributed by atoms with Gasteiger partial charge in [-0.05, 0) is 65.9 Å². The molecule has 2 N–H and O–H groups in total. The third kappa shape index (κ3) is 2.95. The first kappa shape index (κ1) is 16.0. The van der Waals surface area contributed by atoms with Gasteiger partial charge in [0.25, 0.3) is 0 Å². The molecule has 0 amide bonds. The Balaban J connectivity index is 2.14. The minimum Gasteiger partial charge on any atom is -0.465 e. The van der Waals surface area contributed by atoms with Crippen LogP contribution in [0.2, 0.25) is 0 Å². The number of fused-ring (bicyclic) bond motifs is 1. The van der Waals surface area contributed by atoms with Crippen LogP contribution in [0.25, 0.3) is 11.6 Å². The van der Waals surface area contributed by atoms with Crippen LogP contribution in [0.3, 0.4) is 0 Å². The van der Waals surface area contributed by atoms with Crippen LogP contribution in [0.1, 0.15) is 23.6 Å². The maximum atomic E-state index is 13.7. The van der Waals surface area contributed by atoms with Gasteiger partial charge in [0.05, 0.1) is 12.7 Å². The SMILES string of the molecule is COC(=O)/C(=C\c1ccc(N)cc1)C1=C(C)Cc2ccc(F)cc21. The first-order valence-corrected chi connectivity index (χ1v) is 7.64. The fourth-order valence-corrected chi connectivity index (χ4v) is 3.02. The maximum absolute atomic E-state index is 13.7. The van der Waals surface area contributed by atoms with Gasteiger partial charge in [0.1, 0.15) is 5.82 Å². The molecule has 0 bridgehead atoms. The number of nitrogens with two attached hydrogens (primary N) is 1. The van der Waals surface area contributed by atoms with Crippen LogP contribution in [0.15, 0.2) is 53.6 Å². The van der Waals surface area contributed by atoms with E-state index in [2.05, 4.69) is 0 Å². The molecule has 24 heavy (non-hydrogen) atoms. The van der Waals surface area contributed by atoms with E-state index in [4.69, 9.17) is 10.5 Å². The van der Waals surface area contributed by atoms with Gasteiger partial charge in [0.15, 0.2) is 0 Å². The third-order valence-corrected chi connectivity index (χ3v) is 4.15. The first-order valence-electron chi connectivity index (χ1n) is 7.64. The highest BCUT2D eigenvalue weighted by atomic mass is 19.1. The molecule has 0 aromatic heterocycles. The van der Waals surface area contributed by atoms with Gasteiger partial charge < -0.3 is 10.5 Å². The molecule has 0 atom stereocenters. The molecule has 3 rings (SSSR count). The lowest BCUT2D eigenvalue weighted by atomic mass is 9.95. The molecule has 1 aliphatic rings. The molecular weight excluding hydrogens is 305 g/mol. The molecule has 122 valence electrons. The lowest BCUT2D eigenvalue weighted by Gasteiger charge is -2.11. The Hall–Kier alpha value is -2.88. The molecular formula is C20H18FNO2. The highest BCUT2D eigenvalue weighted by Crippen LogP contribution is 2.39. The van der Waals surface area contributed by atoms with Gasteiger partial charge >= 0.3 is 5.97 Å². The minimum absolute atomic E-state index is 0.322. The van der Waals surface area contributed by atoms with E-state index in [-0.39, 0.29) is 5.82 Å². The Morgan fingerprint density at radius 1 is 1.21 bits per heavy atom. The average Bonchev–Trinajstić information content (AvgIpc) is 2.89. The van der Waals surface area contributed by atoms with Crippen molar-refractivity contribution in [3.8, 4) is 0 Å². The number of carbonyl (C=O) groups is 1. The van der Waals surface area contributed by atoms with E-state index >= 15 is 0 Å². The highest BCUT2D eigenvalue weighted by molar-refractivity contribution is 6.12. The number of halogens is 1. The van der Waals surface area contributed by atoms with Crippen molar-refractivity contribution in [1.29, 1.82) is 0 Å². The van der Waals surface area contributed by atoms with Crippen molar-refractivity contribution < 1.29 is 13.9 Å². The van der Waals surface area contributed by atoms with Crippen LogP contribution < -0.4 is 5.73 Å². The summed E-state index contributed by atoms with van der Waals surface area (Å²) in [6.07, 6.45) is 2.45. The standard InChI is InChI=1S/C20H18FNO2/c1-12-9-14-5-6-15(21)11-17(14)19(12)18(20(23)24-2)10-13-3-7-16(22)8-4-13/h3-8,10-11H,9,22H2,1-2H3/b18-10-. The molecule has 2 aromatic rings. The highest BCUT2D eigenvalue weighted by Gasteiger charge is 2.26. The summed E-state index contributed by atoms with van der Waals surface area (Å²) in [5, 5.41) is 0. The molecule has 2 aromatic carbocycles. The lowest BCUT2D eigenvalue weighted by Crippen LogP contribution is -2.07. The fraction of sp³-hybridized carbons (Fsp3) is 0.150. The van der Waals surface area contributed by atoms with Gasteiger partial charge in [-0.3, -0.25) is 0 Å². The minimum atomic E-state index is -0.446. The number of nitrogen functional groups attached to an aromatic ring is 1. The van der Waals surface area contributed by atoms with E-state index < -0.39 is 5.97 Å². The number of ether oxygens (including phenoxy) is 1. The molecule has 0 radical (unpaired) electrons. The number of allylic oxidation sites excluding steroid dienone is 1. The topological polar surface area (TPSA) is 52.3 Å². The van der Waals surface area contributed by atoms with Gasteiger partial charge in [0.2, 0.25) is 0 Å². The van der Waals surface area contributed by atoms with Gasteiger partial charge in [0, 0.05) is 5.69 Å². The second-order valence-electron chi connectivity index (χ2n) is 5.85. The summed E-state index contributed by atoms with van der Waals surface area (Å²) >= 11 is 0. The van der Waals surface area contributed by atoms with Crippen LogP contribution in [0, 0.1) is 5.82 Å². The van der Waals surface area contributed by atoms with Crippen molar-refractivity contribution in [3.05, 3.63) is 76.1 Å². The summed E-state index contributed by atoms with van der Waals surface area (Å²) in [7, 11) is 1.34. The van der Waals surface area contributed by atoms with Crippen molar-refractivity contribution in [2.75, 3.05) is 12.8 Å². The molecule has 0 saturated heterocycles. The largest absolute Gasteiger partial charge is 0.465 e. The second-order valence-corrected chi connectivity index (χ2v) is 5.85. The van der Waals surface area contributed by atoms with E-state index in [1.165, 1.54) is 19.2 Å². The van der Waals surface area contributed by atoms with Crippen molar-refractivity contribution in [2.24, 2.45) is 0 Å². The van der Waals surface area contributed by atoms with Crippen LogP contribution >= 0.6 is 0 Å². The van der Waals surface area contributed by atoms with Crippen LogP contribution in [-0.4, -0.2) is 13.1 Å². The summed E-state index contributed by atoms with van der Waals surface area (Å²) in [5.74, 6) is -0.768. The normalized spacial score (nSPS) is 13.9. The van der Waals surface area contributed by atoms with Crippen molar-refractivity contribution in [1.82, 2.24) is 0 Å². The van der Waals surface area contributed by atoms with Crippen molar-refractivity contribution >= 4 is 23.3 Å². The predicted molar refractivity (Wildman–Crippen MR) is 93.5 cm³/mol. The number of benzene rings is 2. The quantitative estimate of drug-likeness (QED) is 0.528. The van der Waals surface area contributed by atoms with Gasteiger partial charge in [-0.2, -0.15) is 0 Å². The van der Waals surface area contributed by atoms with E-state index in [0.29, 0.717) is 17.7 Å². The number of rotatable bonds is 3. The Morgan fingerprint density at radius 2 is 1.92 bits per heavy atom. The Kier molecular flexibility index (Phi) is 4.21. The smallest absolute Gasteiger partial charge is 0.338 e. The summed E-state index contributed by atoms with van der Waals surface area (Å²) in [4.78, 5) is 12.4. The number of hydrogen-bond acceptors (Lipinski definition) is 3. The van der Waals surface area contributed by atoms with E-state index in [9.17, 15) is 9.18 Å². The Bertz CT molecular complexity index is 864. The molecule has 0 saturated carbocycles. The predicted octanol–water partition coefficient (Wildman–Crippen LogP) is 3.99. The third-order valence-electron chi connectivity index (χ3n) is 4.15. The molecule has 0 fully saturated rings. The average molecular weight is 323 g/mol. The summed E-state index contributed by atoms with van der Waals surface area (Å²) in [5.41, 5.74) is 11.1. The molecule has 0 unspecified atom stereocenters. The molecule has 0 spiro atoms. The lowest BCUT2D eigenvalue weighted by molar-refractivity contribution is -0.135. The number of methoxy groups -OCH3 is 1. The monoisotopic (exact) mass is 323 g/mol. The second kappa shape index (κ2) is 6.32. The zero-order valence-electron chi connectivity index (χ0n) is 13.6. The molecule has 4 heteroatoms. The van der Waals surface area contributed by atoms with E-state index in [0.717, 1.165) is 27.8 Å². The molecule has 1 aliphatic carbocycles. The molecule has 0 heterocycles. The van der Waals surface area contributed by atoms with Crippen LogP contribution in [-0.2, 0) is 16.0 Å². The zero-order chi connectivity index (χ0) is 17.3. The summed E-state index contributed by atoms with van der Waals surface area (Å²) < 4.78 is 18.7. The summed E-state index contributed by atoms with van der Waals surface area (Å²) in [6, 6.07) is 11.9. The van der Waals surface area contributed by atoms with Crippen molar-refractivity contribution in [2.45, 2.75) is 13.3 Å². The van der Waals surface area contributed by atoms with E-state index in [1.54, 1.807) is 24.3 Å². The first-order chi connectivity index (χ1) is 11.5. The maximum Gasteiger partial charge on any atom is 0.338 e. The number of anilines is 1. The van der Waals surface area contributed by atoms with Gasteiger partial charge in [-0.15, -0.1) is 0 Å². The van der Waals surface area contributed by atoms with Gasteiger partial charge in [-0.1, -0.05) is 23.8 Å². The number of hydrogen-bond donors (Lipinski definition) is 1. The number of esters is 1. The van der Waals surface area contributed by atoms with Gasteiger partial charge in [-0.25, -0.2) is 9.18 Å². The zero-order valence-corrected chi connectivity index (χ0v) is 13.6. The molecule has 0 aliphatic heterocycles. The van der Waals surface area contributed by atoms with Crippen molar-refractivity contribution in [3.63, 3.8) is 0 Å². The Labute approximate surface area is 140 Å². The Morgan fingerprint density at radius 3 is 2.58 bits per heavy atom. The van der Waals surface area contributed by atoms with Crippen LogP contribution in [0.4, 0.5) is 10.1 Å². The number of carbonyl (C=O) groups excluding carboxylic acids is 1. The summed E-state index contributed by atoms with van der Waals surface area (Å²) in [6.45, 7) is 1.95. The molecule has 3 nitrogen and oxygen atoms in total. The van der Waals surface area contributed by atoms with Crippen LogP contribution in [0.5, 0.6) is 0 Å².